The summed E-state index contributed by atoms with van der Waals surface area (Å²) in [6, 6.07) is 10.7. The highest BCUT2D eigenvalue weighted by Gasteiger charge is 2.31. The van der Waals surface area contributed by atoms with Crippen molar-refractivity contribution in [2.24, 2.45) is 0 Å². The number of anilines is 1. The number of nitrogens with one attached hydrogen (secondary N) is 1. The Morgan fingerprint density at radius 2 is 1.86 bits per heavy atom. The van der Waals surface area contributed by atoms with Gasteiger partial charge in [0.15, 0.2) is 0 Å². The molecule has 0 unspecified atom stereocenters. The Balaban J connectivity index is 1.43. The average molecular weight is 421 g/mol. The lowest BCUT2D eigenvalue weighted by Gasteiger charge is -2.32. The van der Waals surface area contributed by atoms with Crippen molar-refractivity contribution >= 4 is 27.4 Å². The van der Waals surface area contributed by atoms with Gasteiger partial charge < -0.3 is 5.32 Å². The molecular formula is C21H23F3N4S. The van der Waals surface area contributed by atoms with Gasteiger partial charge in [-0.2, -0.15) is 13.2 Å². The molecule has 8 heteroatoms. The average Bonchev–Trinajstić information content (AvgIpc) is 2.99. The minimum atomic E-state index is -4.22. The minimum absolute atomic E-state index is 0.255. The van der Waals surface area contributed by atoms with Crippen LogP contribution in [0.25, 0.3) is 10.2 Å². The smallest absolute Gasteiger partial charge is 0.367 e. The van der Waals surface area contributed by atoms with Gasteiger partial charge in [-0.3, -0.25) is 4.90 Å². The van der Waals surface area contributed by atoms with Crippen LogP contribution >= 0.6 is 11.3 Å². The lowest BCUT2D eigenvalue weighted by molar-refractivity contribution is -0.126. The van der Waals surface area contributed by atoms with Crippen LogP contribution in [0.5, 0.6) is 0 Å². The van der Waals surface area contributed by atoms with Crippen molar-refractivity contribution in [2.75, 3.05) is 18.4 Å². The number of thiophene rings is 1. The van der Waals surface area contributed by atoms with E-state index in [2.05, 4.69) is 44.5 Å². The van der Waals surface area contributed by atoms with E-state index in [0.717, 1.165) is 49.2 Å². The molecule has 154 valence electrons. The van der Waals surface area contributed by atoms with Crippen LogP contribution in [0.1, 0.15) is 28.8 Å². The van der Waals surface area contributed by atoms with Gasteiger partial charge in [-0.25, -0.2) is 9.97 Å². The van der Waals surface area contributed by atoms with Crippen LogP contribution in [0.4, 0.5) is 19.0 Å². The number of halogens is 3. The SMILES string of the molecule is Cc1c(CC(F)(F)F)sc2ncnc(NC3CCN(Cc4ccccc4)CC3)c12. The number of nitrogens with zero attached hydrogens (tertiary/aromatic N) is 3. The summed E-state index contributed by atoms with van der Waals surface area (Å²) in [5.41, 5.74) is 1.94. The number of likely N-dealkylation sites (tertiary alicyclic amines) is 1. The highest BCUT2D eigenvalue weighted by Crippen LogP contribution is 2.37. The maximum absolute atomic E-state index is 12.9. The first kappa shape index (κ1) is 20.1. The number of hydrogen-bond acceptors (Lipinski definition) is 5. The Morgan fingerprint density at radius 3 is 2.55 bits per heavy atom. The molecule has 1 fully saturated rings. The fourth-order valence-electron chi connectivity index (χ4n) is 3.85. The molecule has 1 aromatic carbocycles. The molecule has 3 aromatic rings. The number of hydrogen-bond donors (Lipinski definition) is 1. The number of alkyl halides is 3. The van der Waals surface area contributed by atoms with Crippen molar-refractivity contribution in [3.05, 3.63) is 52.7 Å². The molecule has 2 aromatic heterocycles. The first-order valence-corrected chi connectivity index (χ1v) is 10.5. The van der Waals surface area contributed by atoms with Gasteiger partial charge in [-0.15, -0.1) is 11.3 Å². The largest absolute Gasteiger partial charge is 0.393 e. The predicted octanol–water partition coefficient (Wildman–Crippen LogP) is 5.18. The molecule has 1 N–H and O–H groups in total. The van der Waals surface area contributed by atoms with Crippen molar-refractivity contribution in [1.82, 2.24) is 14.9 Å². The van der Waals surface area contributed by atoms with E-state index in [0.29, 0.717) is 21.1 Å². The molecule has 29 heavy (non-hydrogen) atoms. The first-order chi connectivity index (χ1) is 13.9. The predicted molar refractivity (Wildman–Crippen MR) is 110 cm³/mol. The lowest BCUT2D eigenvalue weighted by Crippen LogP contribution is -2.38. The fourth-order valence-corrected chi connectivity index (χ4v) is 5.02. The monoisotopic (exact) mass is 420 g/mol. The lowest BCUT2D eigenvalue weighted by atomic mass is 10.0. The molecule has 3 heterocycles. The third-order valence-electron chi connectivity index (χ3n) is 5.36. The zero-order valence-corrected chi connectivity index (χ0v) is 17.0. The van der Waals surface area contributed by atoms with Crippen LogP contribution in [-0.2, 0) is 13.0 Å². The highest BCUT2D eigenvalue weighted by atomic mass is 32.1. The first-order valence-electron chi connectivity index (χ1n) is 9.71. The van der Waals surface area contributed by atoms with Crippen molar-refractivity contribution in [1.29, 1.82) is 0 Å². The van der Waals surface area contributed by atoms with Gasteiger partial charge in [0.05, 0.1) is 11.8 Å². The van der Waals surface area contributed by atoms with E-state index in [1.165, 1.54) is 11.9 Å². The van der Waals surface area contributed by atoms with Crippen molar-refractivity contribution < 1.29 is 13.2 Å². The Kier molecular flexibility index (Phi) is 5.74. The second kappa shape index (κ2) is 8.28. The third kappa shape index (κ3) is 4.87. The summed E-state index contributed by atoms with van der Waals surface area (Å²) in [5.74, 6) is 0.652. The van der Waals surface area contributed by atoms with E-state index in [9.17, 15) is 13.2 Å². The molecule has 0 atom stereocenters. The molecule has 0 bridgehead atoms. The van der Waals surface area contributed by atoms with Gasteiger partial charge in [0.2, 0.25) is 0 Å². The highest BCUT2D eigenvalue weighted by molar-refractivity contribution is 7.18. The van der Waals surface area contributed by atoms with Gasteiger partial charge >= 0.3 is 6.18 Å². The zero-order valence-electron chi connectivity index (χ0n) is 16.2. The summed E-state index contributed by atoms with van der Waals surface area (Å²) in [5, 5.41) is 4.20. The van der Waals surface area contributed by atoms with Crippen molar-refractivity contribution in [2.45, 2.75) is 44.9 Å². The third-order valence-corrected chi connectivity index (χ3v) is 6.56. The Hall–Kier alpha value is -2.19. The van der Waals surface area contributed by atoms with E-state index in [4.69, 9.17) is 0 Å². The molecule has 0 amide bonds. The van der Waals surface area contributed by atoms with E-state index in [1.54, 1.807) is 6.92 Å². The summed E-state index contributed by atoms with van der Waals surface area (Å²) < 4.78 is 38.6. The summed E-state index contributed by atoms with van der Waals surface area (Å²) >= 11 is 1.11. The summed E-state index contributed by atoms with van der Waals surface area (Å²) in [6.07, 6.45) is -1.77. The van der Waals surface area contributed by atoms with Gasteiger partial charge in [0.1, 0.15) is 17.0 Å². The topological polar surface area (TPSA) is 41.1 Å². The van der Waals surface area contributed by atoms with Crippen LogP contribution in [0.3, 0.4) is 0 Å². The summed E-state index contributed by atoms with van der Waals surface area (Å²) in [7, 11) is 0. The maximum Gasteiger partial charge on any atom is 0.393 e. The second-order valence-corrected chi connectivity index (χ2v) is 8.61. The van der Waals surface area contributed by atoms with Gasteiger partial charge in [0, 0.05) is 30.6 Å². The van der Waals surface area contributed by atoms with Crippen LogP contribution in [0, 0.1) is 6.92 Å². The molecule has 1 aliphatic heterocycles. The van der Waals surface area contributed by atoms with Crippen molar-refractivity contribution in [3.8, 4) is 0 Å². The molecule has 4 rings (SSSR count). The van der Waals surface area contributed by atoms with Crippen LogP contribution in [0.2, 0.25) is 0 Å². The summed E-state index contributed by atoms with van der Waals surface area (Å²) in [6.45, 7) is 4.62. The number of aryl methyl sites for hydroxylation is 1. The molecule has 1 aliphatic rings. The Morgan fingerprint density at radius 1 is 1.14 bits per heavy atom. The van der Waals surface area contributed by atoms with Gasteiger partial charge in [-0.05, 0) is 30.9 Å². The zero-order chi connectivity index (χ0) is 20.4. The fraction of sp³-hybridized carbons (Fsp3) is 0.429. The maximum atomic E-state index is 12.9. The van der Waals surface area contributed by atoms with Crippen LogP contribution in [-0.4, -0.2) is 40.2 Å². The summed E-state index contributed by atoms with van der Waals surface area (Å²) in [4.78, 5) is 11.9. The molecule has 1 saturated heterocycles. The van der Waals surface area contributed by atoms with E-state index >= 15 is 0 Å². The molecule has 4 nitrogen and oxygen atoms in total. The van der Waals surface area contributed by atoms with Crippen molar-refractivity contribution in [3.63, 3.8) is 0 Å². The Bertz CT molecular complexity index is 963. The van der Waals surface area contributed by atoms with Gasteiger partial charge in [-0.1, -0.05) is 30.3 Å². The Labute approximate surface area is 171 Å². The van der Waals surface area contributed by atoms with Crippen LogP contribution in [0.15, 0.2) is 36.7 Å². The normalized spacial score (nSPS) is 16.4. The number of benzene rings is 1. The standard InChI is InChI=1S/C21H23F3N4S/c1-14-17(11-21(22,23)24)29-20-18(14)19(25-13-26-20)27-16-7-9-28(10-8-16)12-15-5-3-2-4-6-15/h2-6,13,16H,7-12H2,1H3,(H,25,26,27). The number of aromatic nitrogens is 2. The minimum Gasteiger partial charge on any atom is -0.367 e. The molecular weight excluding hydrogens is 397 g/mol. The van der Waals surface area contributed by atoms with E-state index in [1.807, 2.05) is 6.07 Å². The molecule has 0 saturated carbocycles. The van der Waals surface area contributed by atoms with Crippen LogP contribution < -0.4 is 5.32 Å². The van der Waals surface area contributed by atoms with Gasteiger partial charge in [0.25, 0.3) is 0 Å². The molecule has 0 aliphatic carbocycles. The number of fused-ring (bicyclic) bond motifs is 1. The quantitative estimate of drug-likeness (QED) is 0.617. The van der Waals surface area contributed by atoms with E-state index < -0.39 is 12.6 Å². The molecule has 0 radical (unpaired) electrons. The molecule has 0 spiro atoms. The number of piperidine rings is 1. The number of rotatable bonds is 5. The second-order valence-electron chi connectivity index (χ2n) is 7.52. The van der Waals surface area contributed by atoms with E-state index in [-0.39, 0.29) is 6.04 Å².